The van der Waals surface area contributed by atoms with E-state index in [1.807, 2.05) is 0 Å². The molecule has 0 aliphatic carbocycles. The van der Waals surface area contributed by atoms with Crippen molar-refractivity contribution in [2.24, 2.45) is 5.73 Å². The Kier molecular flexibility index (Phi) is 7.32. The molecule has 37 heavy (non-hydrogen) atoms. The van der Waals surface area contributed by atoms with Crippen LogP contribution in [0.4, 0.5) is 26.3 Å². The topological polar surface area (TPSA) is 101 Å². The van der Waals surface area contributed by atoms with Gasteiger partial charge in [-0.3, -0.25) is 5.41 Å². The molecule has 1 saturated heterocycles. The highest BCUT2D eigenvalue weighted by atomic mass is 19.4. The first kappa shape index (κ1) is 26.3. The Labute approximate surface area is 207 Å². The molecular formula is C24H23F6N5O2. The van der Waals surface area contributed by atoms with Gasteiger partial charge in [-0.1, -0.05) is 17.3 Å². The van der Waals surface area contributed by atoms with Crippen molar-refractivity contribution >= 4 is 5.96 Å². The Bertz CT molecular complexity index is 1240. The minimum absolute atomic E-state index is 0.0373. The van der Waals surface area contributed by atoms with Gasteiger partial charge in [0.2, 0.25) is 11.7 Å². The fourth-order valence-electron chi connectivity index (χ4n) is 4.13. The van der Waals surface area contributed by atoms with E-state index in [2.05, 4.69) is 10.1 Å². The van der Waals surface area contributed by atoms with Crippen molar-refractivity contribution in [3.05, 3.63) is 65.0 Å². The van der Waals surface area contributed by atoms with E-state index in [1.54, 1.807) is 4.90 Å². The highest BCUT2D eigenvalue weighted by Crippen LogP contribution is 2.39. The quantitative estimate of drug-likeness (QED) is 0.174. The van der Waals surface area contributed by atoms with Crippen LogP contribution < -0.4 is 10.5 Å². The SMILES string of the molecule is N=C(N)N1CCC[C@H]1c1nc(-c2ccc(OCCCc3ccc(C(F)(F)F)cc3)c(C(F)(F)F)c2)no1. The van der Waals surface area contributed by atoms with Crippen LogP contribution in [-0.2, 0) is 18.8 Å². The Hall–Kier alpha value is -3.77. The molecule has 0 radical (unpaired) electrons. The molecule has 1 atom stereocenters. The van der Waals surface area contributed by atoms with Crippen LogP contribution in [0.15, 0.2) is 47.0 Å². The molecule has 2 heterocycles. The van der Waals surface area contributed by atoms with E-state index in [9.17, 15) is 26.3 Å². The maximum atomic E-state index is 13.8. The molecule has 7 nitrogen and oxygen atoms in total. The Morgan fingerprint density at radius 1 is 1.08 bits per heavy atom. The molecule has 3 aromatic rings. The molecule has 198 valence electrons. The molecule has 3 N–H and O–H groups in total. The lowest BCUT2D eigenvalue weighted by atomic mass is 10.1. The number of rotatable bonds is 7. The number of hydrogen-bond acceptors (Lipinski definition) is 5. The van der Waals surface area contributed by atoms with Gasteiger partial charge in [0.1, 0.15) is 11.8 Å². The van der Waals surface area contributed by atoms with Crippen molar-refractivity contribution in [2.75, 3.05) is 13.2 Å². The molecular weight excluding hydrogens is 504 g/mol. The lowest BCUT2D eigenvalue weighted by molar-refractivity contribution is -0.139. The van der Waals surface area contributed by atoms with Crippen LogP contribution in [0.2, 0.25) is 0 Å². The second-order valence-corrected chi connectivity index (χ2v) is 8.55. The van der Waals surface area contributed by atoms with Crippen LogP contribution in [0.1, 0.15) is 47.9 Å². The number of halogens is 6. The lowest BCUT2D eigenvalue weighted by Gasteiger charge is -2.21. The van der Waals surface area contributed by atoms with Gasteiger partial charge in [-0.05, 0) is 61.6 Å². The van der Waals surface area contributed by atoms with Crippen LogP contribution in [0.3, 0.4) is 0 Å². The van der Waals surface area contributed by atoms with Gasteiger partial charge in [0.15, 0.2) is 5.96 Å². The summed E-state index contributed by atoms with van der Waals surface area (Å²) in [6.07, 6.45) is -7.15. The summed E-state index contributed by atoms with van der Waals surface area (Å²) in [5.74, 6) is -0.406. The predicted octanol–water partition coefficient (Wildman–Crippen LogP) is 5.82. The van der Waals surface area contributed by atoms with Crippen molar-refractivity contribution in [2.45, 2.75) is 44.1 Å². The molecule has 1 aliphatic rings. The van der Waals surface area contributed by atoms with Crippen LogP contribution in [0, 0.1) is 5.41 Å². The van der Waals surface area contributed by atoms with E-state index in [1.165, 1.54) is 24.3 Å². The van der Waals surface area contributed by atoms with Gasteiger partial charge in [-0.2, -0.15) is 31.3 Å². The molecule has 1 fully saturated rings. The van der Waals surface area contributed by atoms with Crippen molar-refractivity contribution < 1.29 is 35.6 Å². The average Bonchev–Trinajstić information content (AvgIpc) is 3.51. The minimum Gasteiger partial charge on any atom is -0.493 e. The van der Waals surface area contributed by atoms with Crippen LogP contribution in [0.25, 0.3) is 11.4 Å². The van der Waals surface area contributed by atoms with E-state index in [0.29, 0.717) is 31.4 Å². The maximum absolute atomic E-state index is 13.8. The van der Waals surface area contributed by atoms with E-state index in [-0.39, 0.29) is 35.6 Å². The number of nitrogens with two attached hydrogens (primary N) is 1. The number of nitrogens with zero attached hydrogens (tertiary/aromatic N) is 3. The summed E-state index contributed by atoms with van der Waals surface area (Å²) in [6, 6.07) is 7.61. The highest BCUT2D eigenvalue weighted by molar-refractivity contribution is 5.75. The van der Waals surface area contributed by atoms with E-state index in [4.69, 9.17) is 20.4 Å². The Balaban J connectivity index is 1.43. The smallest absolute Gasteiger partial charge is 0.419 e. The predicted molar refractivity (Wildman–Crippen MR) is 121 cm³/mol. The molecule has 1 aromatic heterocycles. The second-order valence-electron chi connectivity index (χ2n) is 8.55. The first-order valence-corrected chi connectivity index (χ1v) is 11.4. The summed E-state index contributed by atoms with van der Waals surface area (Å²) in [5.41, 5.74) is 4.48. The first-order chi connectivity index (χ1) is 17.4. The third kappa shape index (κ3) is 6.15. The van der Waals surface area contributed by atoms with Crippen molar-refractivity contribution in [1.82, 2.24) is 15.0 Å². The number of hydrogen-bond donors (Lipinski definition) is 2. The number of aryl methyl sites for hydroxylation is 1. The number of alkyl halides is 6. The van der Waals surface area contributed by atoms with E-state index >= 15 is 0 Å². The number of ether oxygens (including phenoxy) is 1. The molecule has 4 rings (SSSR count). The monoisotopic (exact) mass is 527 g/mol. The zero-order chi connectivity index (χ0) is 26.8. The second kappa shape index (κ2) is 10.3. The minimum atomic E-state index is -4.72. The van der Waals surface area contributed by atoms with Gasteiger partial charge in [0, 0.05) is 12.1 Å². The zero-order valence-electron chi connectivity index (χ0n) is 19.4. The van der Waals surface area contributed by atoms with E-state index < -0.39 is 29.5 Å². The van der Waals surface area contributed by atoms with Gasteiger partial charge in [-0.15, -0.1) is 0 Å². The molecule has 0 amide bonds. The summed E-state index contributed by atoms with van der Waals surface area (Å²) in [6.45, 7) is 0.471. The fourth-order valence-corrected chi connectivity index (χ4v) is 4.13. The van der Waals surface area contributed by atoms with Crippen LogP contribution in [-0.4, -0.2) is 34.2 Å². The number of likely N-dealkylation sites (tertiary alicyclic amines) is 1. The third-order valence-electron chi connectivity index (χ3n) is 5.98. The lowest BCUT2D eigenvalue weighted by Crippen LogP contribution is -2.35. The Morgan fingerprint density at radius 3 is 2.46 bits per heavy atom. The van der Waals surface area contributed by atoms with E-state index in [0.717, 1.165) is 24.6 Å². The Morgan fingerprint density at radius 2 is 1.81 bits per heavy atom. The molecule has 0 unspecified atom stereocenters. The number of aromatic nitrogens is 2. The molecule has 0 bridgehead atoms. The summed E-state index contributed by atoms with van der Waals surface area (Å²) in [5, 5.41) is 11.5. The van der Waals surface area contributed by atoms with Gasteiger partial charge in [0.05, 0.1) is 17.7 Å². The zero-order valence-corrected chi connectivity index (χ0v) is 19.4. The largest absolute Gasteiger partial charge is 0.493 e. The van der Waals surface area contributed by atoms with Crippen molar-refractivity contribution in [3.8, 4) is 17.1 Å². The fraction of sp³-hybridized carbons (Fsp3) is 0.375. The highest BCUT2D eigenvalue weighted by Gasteiger charge is 2.36. The van der Waals surface area contributed by atoms with Crippen molar-refractivity contribution in [1.29, 1.82) is 5.41 Å². The van der Waals surface area contributed by atoms with Gasteiger partial charge in [0.25, 0.3) is 0 Å². The molecule has 13 heteroatoms. The standard InChI is InChI=1S/C24H23F6N5O2/c25-23(26,27)16-8-5-14(6-9-16)3-2-12-36-19-10-7-15(13-17(19)24(28,29)30)20-33-21(37-34-20)18-4-1-11-35(18)22(31)32/h5-10,13,18H,1-4,11-12H2,(H3,31,32)/t18-/m0/s1. The third-order valence-corrected chi connectivity index (χ3v) is 5.98. The summed E-state index contributed by atoms with van der Waals surface area (Å²) in [4.78, 5) is 5.81. The number of nitrogens with one attached hydrogen (secondary N) is 1. The molecule has 2 aromatic carbocycles. The summed E-state index contributed by atoms with van der Waals surface area (Å²) < 4.78 is 89.9. The van der Waals surface area contributed by atoms with Crippen LogP contribution >= 0.6 is 0 Å². The van der Waals surface area contributed by atoms with Gasteiger partial charge >= 0.3 is 12.4 Å². The maximum Gasteiger partial charge on any atom is 0.419 e. The summed E-state index contributed by atoms with van der Waals surface area (Å²) >= 11 is 0. The van der Waals surface area contributed by atoms with Gasteiger partial charge < -0.3 is 19.9 Å². The normalized spacial score (nSPS) is 16.3. The molecule has 0 spiro atoms. The number of guanidine groups is 1. The van der Waals surface area contributed by atoms with Crippen LogP contribution in [0.5, 0.6) is 5.75 Å². The van der Waals surface area contributed by atoms with Crippen molar-refractivity contribution in [3.63, 3.8) is 0 Å². The summed E-state index contributed by atoms with van der Waals surface area (Å²) in [7, 11) is 0. The first-order valence-electron chi connectivity index (χ1n) is 11.4. The molecule has 1 aliphatic heterocycles. The average molecular weight is 527 g/mol. The molecule has 0 saturated carbocycles. The van der Waals surface area contributed by atoms with Gasteiger partial charge in [-0.25, -0.2) is 0 Å². The number of benzene rings is 2.